The highest BCUT2D eigenvalue weighted by Crippen LogP contribution is 2.10. The van der Waals surface area contributed by atoms with Gasteiger partial charge in [-0.1, -0.05) is 0 Å². The molecule has 0 fully saturated rings. The summed E-state index contributed by atoms with van der Waals surface area (Å²) in [7, 11) is 1.60. The Bertz CT molecular complexity index is 447. The quantitative estimate of drug-likeness (QED) is 0.835. The van der Waals surface area contributed by atoms with Crippen LogP contribution in [0.2, 0.25) is 0 Å². The predicted octanol–water partition coefficient (Wildman–Crippen LogP) is 0.875. The number of H-pyrrole nitrogens is 1. The van der Waals surface area contributed by atoms with Crippen molar-refractivity contribution in [3.63, 3.8) is 0 Å². The second-order valence-corrected chi connectivity index (χ2v) is 4.98. The average Bonchev–Trinajstić information content (AvgIpc) is 2.63. The molecule has 2 amide bonds. The molecule has 0 saturated carbocycles. The number of aromatic nitrogens is 2. The number of primary amides is 1. The van der Waals surface area contributed by atoms with Crippen molar-refractivity contribution in [3.05, 3.63) is 17.5 Å². The largest absolute Gasteiger partial charge is 0.444 e. The van der Waals surface area contributed by atoms with Crippen molar-refractivity contribution in [3.8, 4) is 0 Å². The van der Waals surface area contributed by atoms with Crippen LogP contribution in [0.15, 0.2) is 6.07 Å². The first-order chi connectivity index (χ1) is 8.19. The number of hydrogen-bond donors (Lipinski definition) is 2. The highest BCUT2D eigenvalue weighted by molar-refractivity contribution is 5.90. The number of rotatable bonds is 3. The molecule has 100 valence electrons. The van der Waals surface area contributed by atoms with Gasteiger partial charge in [-0.3, -0.25) is 9.89 Å². The van der Waals surface area contributed by atoms with Gasteiger partial charge in [-0.25, -0.2) is 4.79 Å². The predicted molar refractivity (Wildman–Crippen MR) is 64.8 cm³/mol. The summed E-state index contributed by atoms with van der Waals surface area (Å²) in [6, 6.07) is 1.50. The van der Waals surface area contributed by atoms with Crippen molar-refractivity contribution in [1.82, 2.24) is 15.1 Å². The first-order valence-electron chi connectivity index (χ1n) is 5.47. The van der Waals surface area contributed by atoms with Crippen molar-refractivity contribution in [2.45, 2.75) is 32.9 Å². The summed E-state index contributed by atoms with van der Waals surface area (Å²) in [4.78, 5) is 23.9. The Hall–Kier alpha value is -2.05. The third kappa shape index (κ3) is 4.08. The lowest BCUT2D eigenvalue weighted by Crippen LogP contribution is -2.33. The molecule has 0 atom stereocenters. The van der Waals surface area contributed by atoms with Crippen LogP contribution in [0, 0.1) is 0 Å². The molecule has 7 heteroatoms. The maximum atomic E-state index is 11.7. The van der Waals surface area contributed by atoms with Crippen LogP contribution >= 0.6 is 0 Å². The molecule has 7 nitrogen and oxygen atoms in total. The van der Waals surface area contributed by atoms with Gasteiger partial charge in [0.25, 0.3) is 5.91 Å². The lowest BCUT2D eigenvalue weighted by Gasteiger charge is -2.24. The Kier molecular flexibility index (Phi) is 3.95. The summed E-state index contributed by atoms with van der Waals surface area (Å²) in [6.07, 6.45) is -0.447. The minimum atomic E-state index is -0.613. The molecule has 1 heterocycles. The fraction of sp³-hybridized carbons (Fsp3) is 0.545. The van der Waals surface area contributed by atoms with Crippen molar-refractivity contribution in [2.75, 3.05) is 7.05 Å². The van der Waals surface area contributed by atoms with Crippen molar-refractivity contribution in [1.29, 1.82) is 0 Å². The van der Waals surface area contributed by atoms with Gasteiger partial charge < -0.3 is 15.4 Å². The topological polar surface area (TPSA) is 101 Å². The Labute approximate surface area is 105 Å². The molecule has 3 N–H and O–H groups in total. The lowest BCUT2D eigenvalue weighted by atomic mass is 10.2. The monoisotopic (exact) mass is 254 g/mol. The number of hydrogen-bond acceptors (Lipinski definition) is 4. The zero-order chi connectivity index (χ0) is 13.9. The SMILES string of the molecule is CN(Cc1cc(C(N)=O)n[nH]1)C(=O)OC(C)(C)C. The van der Waals surface area contributed by atoms with Gasteiger partial charge >= 0.3 is 6.09 Å². The first kappa shape index (κ1) is 14.0. The third-order valence-electron chi connectivity index (χ3n) is 2.00. The highest BCUT2D eigenvalue weighted by Gasteiger charge is 2.20. The number of ether oxygens (including phenoxy) is 1. The molecule has 0 saturated heterocycles. The van der Waals surface area contributed by atoms with Gasteiger partial charge in [-0.2, -0.15) is 5.10 Å². The molecule has 1 aromatic heterocycles. The van der Waals surface area contributed by atoms with E-state index in [0.717, 1.165) is 0 Å². The highest BCUT2D eigenvalue weighted by atomic mass is 16.6. The van der Waals surface area contributed by atoms with Crippen LogP contribution in [0.3, 0.4) is 0 Å². The fourth-order valence-electron chi connectivity index (χ4n) is 1.23. The second-order valence-electron chi connectivity index (χ2n) is 4.98. The molecule has 0 aliphatic rings. The van der Waals surface area contributed by atoms with Gasteiger partial charge in [-0.15, -0.1) is 0 Å². The minimum absolute atomic E-state index is 0.141. The summed E-state index contributed by atoms with van der Waals surface area (Å²) in [5.41, 5.74) is 5.28. The van der Waals surface area contributed by atoms with E-state index in [2.05, 4.69) is 10.2 Å². The maximum Gasteiger partial charge on any atom is 0.410 e. The Balaban J connectivity index is 2.61. The number of aromatic amines is 1. The van der Waals surface area contributed by atoms with Crippen LogP contribution in [0.5, 0.6) is 0 Å². The molecule has 0 radical (unpaired) electrons. The van der Waals surface area contributed by atoms with E-state index >= 15 is 0 Å². The van der Waals surface area contributed by atoms with Gasteiger partial charge in [0.15, 0.2) is 0 Å². The third-order valence-corrected chi connectivity index (χ3v) is 2.00. The Morgan fingerprint density at radius 2 is 2.11 bits per heavy atom. The second kappa shape index (κ2) is 5.07. The molecule has 1 aromatic rings. The zero-order valence-corrected chi connectivity index (χ0v) is 11.0. The average molecular weight is 254 g/mol. The van der Waals surface area contributed by atoms with Crippen LogP contribution in [-0.4, -0.2) is 39.7 Å². The number of carbonyl (C=O) groups is 2. The van der Waals surface area contributed by atoms with E-state index in [0.29, 0.717) is 5.69 Å². The normalized spacial score (nSPS) is 11.1. The fourth-order valence-corrected chi connectivity index (χ4v) is 1.23. The van der Waals surface area contributed by atoms with E-state index in [1.165, 1.54) is 11.0 Å². The molecular weight excluding hydrogens is 236 g/mol. The summed E-state index contributed by atoms with van der Waals surface area (Å²) in [6.45, 7) is 5.63. The first-order valence-corrected chi connectivity index (χ1v) is 5.47. The van der Waals surface area contributed by atoms with Gasteiger partial charge in [0.2, 0.25) is 0 Å². The van der Waals surface area contributed by atoms with E-state index in [-0.39, 0.29) is 12.2 Å². The molecule has 0 bridgehead atoms. The summed E-state index contributed by atoms with van der Waals surface area (Å²) >= 11 is 0. The minimum Gasteiger partial charge on any atom is -0.444 e. The van der Waals surface area contributed by atoms with Gasteiger partial charge in [0.05, 0.1) is 12.2 Å². The Morgan fingerprint density at radius 1 is 1.50 bits per heavy atom. The smallest absolute Gasteiger partial charge is 0.410 e. The summed E-state index contributed by atoms with van der Waals surface area (Å²) in [5.74, 6) is -0.613. The van der Waals surface area contributed by atoms with Gasteiger partial charge in [-0.05, 0) is 26.8 Å². The van der Waals surface area contributed by atoms with E-state index < -0.39 is 17.6 Å². The van der Waals surface area contributed by atoms with Gasteiger partial charge in [0, 0.05) is 7.05 Å². The van der Waals surface area contributed by atoms with Crippen molar-refractivity contribution >= 4 is 12.0 Å². The maximum absolute atomic E-state index is 11.7. The molecule has 0 spiro atoms. The molecule has 0 unspecified atom stereocenters. The van der Waals surface area contributed by atoms with Crippen molar-refractivity contribution in [2.24, 2.45) is 5.73 Å². The van der Waals surface area contributed by atoms with Crippen LogP contribution in [0.1, 0.15) is 37.0 Å². The van der Waals surface area contributed by atoms with E-state index in [1.807, 2.05) is 0 Å². The standard InChI is InChI=1S/C11H18N4O3/c1-11(2,3)18-10(17)15(4)6-7-5-8(9(12)16)14-13-7/h5H,6H2,1-4H3,(H2,12,16)(H,13,14). The summed E-state index contributed by atoms with van der Waals surface area (Å²) < 4.78 is 5.19. The van der Waals surface area contributed by atoms with Crippen LogP contribution in [0.4, 0.5) is 4.79 Å². The molecule has 0 aliphatic carbocycles. The van der Waals surface area contributed by atoms with Crippen LogP contribution in [0.25, 0.3) is 0 Å². The van der Waals surface area contributed by atoms with Crippen LogP contribution < -0.4 is 5.73 Å². The number of amides is 2. The number of nitrogens with zero attached hydrogens (tertiary/aromatic N) is 2. The lowest BCUT2D eigenvalue weighted by molar-refractivity contribution is 0.0283. The van der Waals surface area contributed by atoms with E-state index in [4.69, 9.17) is 10.5 Å². The number of nitrogens with two attached hydrogens (primary N) is 1. The number of carbonyl (C=O) groups excluding carboxylic acids is 2. The molecule has 0 aliphatic heterocycles. The van der Waals surface area contributed by atoms with E-state index in [9.17, 15) is 9.59 Å². The summed E-state index contributed by atoms with van der Waals surface area (Å²) in [5, 5.41) is 6.36. The molecular formula is C11H18N4O3. The molecule has 18 heavy (non-hydrogen) atoms. The van der Waals surface area contributed by atoms with Crippen molar-refractivity contribution < 1.29 is 14.3 Å². The molecule has 1 rings (SSSR count). The van der Waals surface area contributed by atoms with Crippen LogP contribution in [-0.2, 0) is 11.3 Å². The molecule has 0 aromatic carbocycles. The zero-order valence-electron chi connectivity index (χ0n) is 11.0. The van der Waals surface area contributed by atoms with E-state index in [1.54, 1.807) is 27.8 Å². The van der Waals surface area contributed by atoms with Gasteiger partial charge in [0.1, 0.15) is 11.3 Å². The Morgan fingerprint density at radius 3 is 2.56 bits per heavy atom. The number of nitrogens with one attached hydrogen (secondary N) is 1.